The first-order chi connectivity index (χ1) is 12.1. The quantitative estimate of drug-likeness (QED) is 0.652. The number of para-hydroxylation sites is 1. The number of benzene rings is 2. The fourth-order valence-corrected chi connectivity index (χ4v) is 2.65. The summed E-state index contributed by atoms with van der Waals surface area (Å²) in [7, 11) is 0. The Morgan fingerprint density at radius 3 is 2.68 bits per heavy atom. The van der Waals surface area contributed by atoms with Crippen LogP contribution in [0.15, 0.2) is 52.9 Å². The molecule has 0 aliphatic rings. The predicted molar refractivity (Wildman–Crippen MR) is 96.7 cm³/mol. The van der Waals surface area contributed by atoms with Gasteiger partial charge in [-0.3, -0.25) is 10.2 Å². The Morgan fingerprint density at radius 1 is 1.20 bits per heavy atom. The van der Waals surface area contributed by atoms with Crippen LogP contribution in [-0.4, -0.2) is 11.0 Å². The Kier molecular flexibility index (Phi) is 4.84. The molecule has 0 atom stereocenters. The molecule has 1 heterocycles. The topological polar surface area (TPSA) is 86.3 Å². The minimum absolute atomic E-state index is 0.0550. The molecule has 0 fully saturated rings. The molecule has 0 radical (unpaired) electrons. The van der Waals surface area contributed by atoms with Crippen LogP contribution in [0.5, 0.6) is 5.75 Å². The third-order valence-electron chi connectivity index (χ3n) is 4.05. The number of aromatic hydroxyl groups is 1. The minimum Gasteiger partial charge on any atom is -0.504 e. The number of anilines is 1. The number of carbonyl (C=O) groups excluding carboxylic acids is 1. The summed E-state index contributed by atoms with van der Waals surface area (Å²) in [6.45, 7) is 2.15. The molecule has 1 amide bonds. The summed E-state index contributed by atoms with van der Waals surface area (Å²) in [6.07, 6.45) is 3.31. The van der Waals surface area contributed by atoms with Gasteiger partial charge in [-0.05, 0) is 42.7 Å². The number of aryl methyl sites for hydroxylation is 1. The molecular weight excluding hydrogens is 316 g/mol. The molecule has 0 spiro atoms. The lowest BCUT2D eigenvalue weighted by Gasteiger charge is -2.08. The van der Waals surface area contributed by atoms with Crippen LogP contribution in [0.2, 0.25) is 0 Å². The number of nitrogens with one attached hydrogen (secondary N) is 2. The van der Waals surface area contributed by atoms with Crippen LogP contribution >= 0.6 is 0 Å². The summed E-state index contributed by atoms with van der Waals surface area (Å²) in [5.74, 6) is -0.471. The van der Waals surface area contributed by atoms with Crippen LogP contribution in [0.4, 0.5) is 5.69 Å². The van der Waals surface area contributed by atoms with Gasteiger partial charge in [0.05, 0.1) is 0 Å². The molecule has 128 valence electrons. The zero-order valence-electron chi connectivity index (χ0n) is 14.0. The summed E-state index contributed by atoms with van der Waals surface area (Å²) < 4.78 is 5.30. The van der Waals surface area contributed by atoms with Crippen LogP contribution in [0.25, 0.3) is 11.0 Å². The maximum absolute atomic E-state index is 12.5. The van der Waals surface area contributed by atoms with Crippen molar-refractivity contribution in [3.05, 3.63) is 65.2 Å². The van der Waals surface area contributed by atoms with Crippen LogP contribution in [0.1, 0.15) is 35.7 Å². The maximum Gasteiger partial charge on any atom is 0.261 e. The molecule has 2 aromatic carbocycles. The Hall–Kier alpha value is -3.08. The molecule has 3 N–H and O–H groups in total. The largest absolute Gasteiger partial charge is 0.504 e. The molecule has 0 saturated carbocycles. The van der Waals surface area contributed by atoms with Gasteiger partial charge in [-0.2, -0.15) is 0 Å². The number of amides is 1. The van der Waals surface area contributed by atoms with Crippen molar-refractivity contribution < 1.29 is 14.3 Å². The van der Waals surface area contributed by atoms with Gasteiger partial charge in [0.2, 0.25) is 5.55 Å². The highest BCUT2D eigenvalue weighted by Gasteiger charge is 2.13. The van der Waals surface area contributed by atoms with Gasteiger partial charge in [0.1, 0.15) is 5.56 Å². The molecule has 5 nitrogen and oxygen atoms in total. The highest BCUT2D eigenvalue weighted by atomic mass is 16.4. The van der Waals surface area contributed by atoms with Gasteiger partial charge in [0, 0.05) is 11.1 Å². The maximum atomic E-state index is 12.5. The van der Waals surface area contributed by atoms with Gasteiger partial charge in [-0.15, -0.1) is 0 Å². The van der Waals surface area contributed by atoms with E-state index in [0.29, 0.717) is 11.1 Å². The molecule has 0 saturated heterocycles. The Morgan fingerprint density at radius 2 is 1.96 bits per heavy atom. The third kappa shape index (κ3) is 3.71. The van der Waals surface area contributed by atoms with Crippen LogP contribution in [0, 0.1) is 5.41 Å². The number of unbranched alkanes of at least 4 members (excludes halogenated alkanes) is 1. The van der Waals surface area contributed by atoms with Crippen molar-refractivity contribution in [1.29, 1.82) is 5.41 Å². The van der Waals surface area contributed by atoms with Crippen molar-refractivity contribution in [3.8, 4) is 5.75 Å². The first kappa shape index (κ1) is 16.8. The van der Waals surface area contributed by atoms with Gasteiger partial charge in [-0.1, -0.05) is 37.6 Å². The number of carbonyl (C=O) groups is 1. The second kappa shape index (κ2) is 7.21. The number of hydrogen-bond donors (Lipinski definition) is 3. The van der Waals surface area contributed by atoms with E-state index in [9.17, 15) is 9.90 Å². The van der Waals surface area contributed by atoms with Crippen LogP contribution in [-0.2, 0) is 6.42 Å². The molecule has 25 heavy (non-hydrogen) atoms. The van der Waals surface area contributed by atoms with E-state index in [1.54, 1.807) is 18.2 Å². The lowest BCUT2D eigenvalue weighted by atomic mass is 10.1. The van der Waals surface area contributed by atoms with Gasteiger partial charge < -0.3 is 14.8 Å². The van der Waals surface area contributed by atoms with Gasteiger partial charge >= 0.3 is 0 Å². The monoisotopic (exact) mass is 336 g/mol. The van der Waals surface area contributed by atoms with Crippen molar-refractivity contribution in [2.75, 3.05) is 5.32 Å². The van der Waals surface area contributed by atoms with Gasteiger partial charge in [0.15, 0.2) is 11.3 Å². The molecule has 1 aromatic heterocycles. The Labute approximate surface area is 145 Å². The second-order valence-corrected chi connectivity index (χ2v) is 5.94. The standard InChI is InChI=1S/C20H20N2O3/c1-2-3-5-13-8-10-15(11-9-13)22-20(24)16-12-14-6-4-7-17(23)18(14)25-19(16)21/h4,6-12,21,23H,2-3,5H2,1H3,(H,22,24). The zero-order chi connectivity index (χ0) is 17.8. The fraction of sp³-hybridized carbons (Fsp3) is 0.200. The number of hydrogen-bond acceptors (Lipinski definition) is 4. The minimum atomic E-state index is -0.416. The van der Waals surface area contributed by atoms with E-state index in [0.717, 1.165) is 19.3 Å². The third-order valence-corrected chi connectivity index (χ3v) is 4.05. The summed E-state index contributed by atoms with van der Waals surface area (Å²) in [6, 6.07) is 14.1. The van der Waals surface area contributed by atoms with Crippen molar-refractivity contribution in [3.63, 3.8) is 0 Å². The van der Waals surface area contributed by atoms with E-state index in [1.807, 2.05) is 24.3 Å². The Balaban J connectivity index is 1.82. The molecule has 0 bridgehead atoms. The number of phenols is 1. The highest BCUT2D eigenvalue weighted by Crippen LogP contribution is 2.23. The second-order valence-electron chi connectivity index (χ2n) is 5.94. The fourth-order valence-electron chi connectivity index (χ4n) is 2.65. The van der Waals surface area contributed by atoms with Crippen molar-refractivity contribution in [2.24, 2.45) is 0 Å². The molecular formula is C20H20N2O3. The number of rotatable bonds is 5. The average molecular weight is 336 g/mol. The van der Waals surface area contributed by atoms with E-state index < -0.39 is 5.91 Å². The predicted octanol–water partition coefficient (Wildman–Crippen LogP) is 4.21. The molecule has 0 aliphatic heterocycles. The molecule has 5 heteroatoms. The molecule has 0 aliphatic carbocycles. The van der Waals surface area contributed by atoms with E-state index in [2.05, 4.69) is 12.2 Å². The number of fused-ring (bicyclic) bond motifs is 1. The molecule has 0 unspecified atom stereocenters. The van der Waals surface area contributed by atoms with Crippen molar-refractivity contribution in [2.45, 2.75) is 26.2 Å². The van der Waals surface area contributed by atoms with E-state index in [4.69, 9.17) is 9.83 Å². The van der Waals surface area contributed by atoms with E-state index in [1.165, 1.54) is 11.6 Å². The summed E-state index contributed by atoms with van der Waals surface area (Å²) in [5.41, 5.74) is 1.93. The molecule has 3 rings (SSSR count). The summed E-state index contributed by atoms with van der Waals surface area (Å²) >= 11 is 0. The van der Waals surface area contributed by atoms with E-state index >= 15 is 0 Å². The summed E-state index contributed by atoms with van der Waals surface area (Å²) in [5, 5.41) is 21.0. The lowest BCUT2D eigenvalue weighted by Crippen LogP contribution is -2.20. The lowest BCUT2D eigenvalue weighted by molar-refractivity contribution is 0.102. The normalized spacial score (nSPS) is 10.8. The first-order valence-corrected chi connectivity index (χ1v) is 8.29. The van der Waals surface area contributed by atoms with Gasteiger partial charge in [-0.25, -0.2) is 0 Å². The van der Waals surface area contributed by atoms with Crippen LogP contribution in [0.3, 0.4) is 0 Å². The van der Waals surface area contributed by atoms with Crippen molar-refractivity contribution >= 4 is 22.6 Å². The average Bonchev–Trinajstić information content (AvgIpc) is 2.61. The summed E-state index contributed by atoms with van der Waals surface area (Å²) in [4.78, 5) is 12.5. The highest BCUT2D eigenvalue weighted by molar-refractivity contribution is 6.05. The van der Waals surface area contributed by atoms with E-state index in [-0.39, 0.29) is 22.5 Å². The van der Waals surface area contributed by atoms with Crippen LogP contribution < -0.4 is 10.9 Å². The van der Waals surface area contributed by atoms with Crippen molar-refractivity contribution in [1.82, 2.24) is 0 Å². The van der Waals surface area contributed by atoms with Gasteiger partial charge in [0.25, 0.3) is 5.91 Å². The Bertz CT molecular complexity index is 959. The smallest absolute Gasteiger partial charge is 0.261 e. The SMILES string of the molecule is CCCCc1ccc(NC(=O)c2cc3cccc(O)c3oc2=N)cc1. The molecule has 3 aromatic rings. The number of phenolic OH excluding ortho intramolecular Hbond substituents is 1. The first-order valence-electron chi connectivity index (χ1n) is 8.29. The zero-order valence-corrected chi connectivity index (χ0v) is 14.0.